The molecule has 0 saturated heterocycles. The molecule has 2 aromatic heterocycles. The van der Waals surface area contributed by atoms with Gasteiger partial charge in [-0.2, -0.15) is 0 Å². The zero-order valence-corrected chi connectivity index (χ0v) is 17.2. The molecule has 5 rings (SSSR count). The second-order valence-electron chi connectivity index (χ2n) is 7.96. The van der Waals surface area contributed by atoms with Gasteiger partial charge in [0.25, 0.3) is 5.56 Å². The minimum atomic E-state index is -0.00893. The summed E-state index contributed by atoms with van der Waals surface area (Å²) in [5.74, 6) is 0. The summed E-state index contributed by atoms with van der Waals surface area (Å²) in [7, 11) is 0. The van der Waals surface area contributed by atoms with E-state index in [9.17, 15) is 4.79 Å². The van der Waals surface area contributed by atoms with Gasteiger partial charge >= 0.3 is 0 Å². The third-order valence-electron chi connectivity index (χ3n) is 5.60. The van der Waals surface area contributed by atoms with Crippen LogP contribution in [-0.4, -0.2) is 14.1 Å². The van der Waals surface area contributed by atoms with E-state index in [-0.39, 0.29) is 5.56 Å². The summed E-state index contributed by atoms with van der Waals surface area (Å²) in [6.07, 6.45) is 1.68. The molecule has 5 aromatic rings. The molecule has 4 nitrogen and oxygen atoms in total. The zero-order chi connectivity index (χ0) is 20.7. The number of fused-ring (bicyclic) bond motifs is 3. The van der Waals surface area contributed by atoms with E-state index in [0.29, 0.717) is 18.6 Å². The van der Waals surface area contributed by atoms with Gasteiger partial charge in [-0.25, -0.2) is 4.98 Å². The van der Waals surface area contributed by atoms with Crippen LogP contribution in [0.25, 0.3) is 21.9 Å². The maximum absolute atomic E-state index is 13.6. The molecule has 3 aromatic carbocycles. The summed E-state index contributed by atoms with van der Waals surface area (Å²) < 4.78 is 3.83. The first-order valence-electron chi connectivity index (χ1n) is 10.2. The van der Waals surface area contributed by atoms with Crippen LogP contribution in [0.5, 0.6) is 0 Å². The van der Waals surface area contributed by atoms with Crippen LogP contribution in [0.4, 0.5) is 0 Å². The van der Waals surface area contributed by atoms with E-state index < -0.39 is 0 Å². The summed E-state index contributed by atoms with van der Waals surface area (Å²) in [6, 6.07) is 24.8. The highest BCUT2D eigenvalue weighted by Gasteiger charge is 2.17. The quantitative estimate of drug-likeness (QED) is 0.428. The molecule has 0 aliphatic carbocycles. The molecule has 0 fully saturated rings. The SMILES string of the molecule is Cc1cccc(Cn2c3ccc(C)cc3c3ncn(Cc4ccccc4)c(=O)c32)c1. The van der Waals surface area contributed by atoms with Crippen molar-refractivity contribution in [3.8, 4) is 0 Å². The van der Waals surface area contributed by atoms with Crippen LogP contribution in [-0.2, 0) is 13.1 Å². The Kier molecular flexibility index (Phi) is 4.47. The first-order valence-corrected chi connectivity index (χ1v) is 10.2. The third-order valence-corrected chi connectivity index (χ3v) is 5.60. The molecule has 148 valence electrons. The molecule has 0 spiro atoms. The summed E-state index contributed by atoms with van der Waals surface area (Å²) in [6.45, 7) is 5.30. The Bertz CT molecular complexity index is 1430. The highest BCUT2D eigenvalue weighted by Crippen LogP contribution is 2.27. The van der Waals surface area contributed by atoms with E-state index in [4.69, 9.17) is 4.98 Å². The Hall–Kier alpha value is -3.66. The molecule has 4 heteroatoms. The maximum atomic E-state index is 13.6. The zero-order valence-electron chi connectivity index (χ0n) is 17.2. The van der Waals surface area contributed by atoms with Crippen LogP contribution in [0.3, 0.4) is 0 Å². The topological polar surface area (TPSA) is 39.8 Å². The van der Waals surface area contributed by atoms with Gasteiger partial charge < -0.3 is 4.57 Å². The van der Waals surface area contributed by atoms with E-state index in [0.717, 1.165) is 27.5 Å². The number of nitrogens with zero attached hydrogens (tertiary/aromatic N) is 3. The predicted molar refractivity (Wildman–Crippen MR) is 122 cm³/mol. The van der Waals surface area contributed by atoms with Crippen molar-refractivity contribution in [3.63, 3.8) is 0 Å². The van der Waals surface area contributed by atoms with E-state index in [2.05, 4.69) is 60.9 Å². The van der Waals surface area contributed by atoms with E-state index >= 15 is 0 Å². The lowest BCUT2D eigenvalue weighted by Gasteiger charge is -2.10. The highest BCUT2D eigenvalue weighted by molar-refractivity contribution is 6.05. The lowest BCUT2D eigenvalue weighted by Crippen LogP contribution is -2.23. The number of hydrogen-bond donors (Lipinski definition) is 0. The molecule has 0 N–H and O–H groups in total. The van der Waals surface area contributed by atoms with Crippen molar-refractivity contribution in [1.82, 2.24) is 14.1 Å². The van der Waals surface area contributed by atoms with Gasteiger partial charge in [0.15, 0.2) is 0 Å². The molecular formula is C26H23N3O. The summed E-state index contributed by atoms with van der Waals surface area (Å²) in [5, 5.41) is 1.03. The molecule has 2 heterocycles. The van der Waals surface area contributed by atoms with Crippen molar-refractivity contribution in [2.24, 2.45) is 0 Å². The second-order valence-corrected chi connectivity index (χ2v) is 7.96. The summed E-state index contributed by atoms with van der Waals surface area (Å²) in [5.41, 5.74) is 7.09. The minimum Gasteiger partial charge on any atom is -0.330 e. The second kappa shape index (κ2) is 7.30. The fraction of sp³-hybridized carbons (Fsp3) is 0.154. The van der Waals surface area contributed by atoms with Gasteiger partial charge in [-0.15, -0.1) is 0 Å². The molecule has 0 aliphatic heterocycles. The lowest BCUT2D eigenvalue weighted by atomic mass is 10.1. The van der Waals surface area contributed by atoms with Crippen LogP contribution >= 0.6 is 0 Å². The molecule has 30 heavy (non-hydrogen) atoms. The first kappa shape index (κ1) is 18.4. The minimum absolute atomic E-state index is 0.00893. The van der Waals surface area contributed by atoms with E-state index in [1.165, 1.54) is 11.1 Å². The fourth-order valence-electron chi connectivity index (χ4n) is 4.16. The molecule has 0 aliphatic rings. The smallest absolute Gasteiger partial charge is 0.278 e. The number of aryl methyl sites for hydroxylation is 2. The molecule has 0 amide bonds. The Morgan fingerprint density at radius 2 is 1.57 bits per heavy atom. The van der Waals surface area contributed by atoms with Crippen LogP contribution in [0.2, 0.25) is 0 Å². The number of aromatic nitrogens is 3. The fourth-order valence-corrected chi connectivity index (χ4v) is 4.16. The van der Waals surface area contributed by atoms with Crippen molar-refractivity contribution < 1.29 is 0 Å². The average molecular weight is 393 g/mol. The number of rotatable bonds is 4. The van der Waals surface area contributed by atoms with Gasteiger partial charge in [0.2, 0.25) is 0 Å². The van der Waals surface area contributed by atoms with Crippen molar-refractivity contribution in [1.29, 1.82) is 0 Å². The average Bonchev–Trinajstić information content (AvgIpc) is 3.04. The van der Waals surface area contributed by atoms with Gasteiger partial charge in [0.05, 0.1) is 18.4 Å². The van der Waals surface area contributed by atoms with E-state index in [1.807, 2.05) is 30.3 Å². The largest absolute Gasteiger partial charge is 0.330 e. The molecule has 0 atom stereocenters. The Labute approximate surface area is 175 Å². The van der Waals surface area contributed by atoms with Crippen molar-refractivity contribution >= 4 is 21.9 Å². The van der Waals surface area contributed by atoms with Gasteiger partial charge in [-0.05, 0) is 37.1 Å². The number of hydrogen-bond acceptors (Lipinski definition) is 2. The predicted octanol–water partition coefficient (Wildman–Crippen LogP) is 5.06. The van der Waals surface area contributed by atoms with Crippen LogP contribution in [0.1, 0.15) is 22.3 Å². The first-order chi connectivity index (χ1) is 14.6. The van der Waals surface area contributed by atoms with Crippen LogP contribution in [0.15, 0.2) is 83.9 Å². The molecule has 0 bridgehead atoms. The van der Waals surface area contributed by atoms with Gasteiger partial charge in [0.1, 0.15) is 11.0 Å². The monoisotopic (exact) mass is 393 g/mol. The summed E-state index contributed by atoms with van der Waals surface area (Å²) in [4.78, 5) is 18.3. The molecular weight excluding hydrogens is 370 g/mol. The molecule has 0 saturated carbocycles. The third kappa shape index (κ3) is 3.20. The van der Waals surface area contributed by atoms with Gasteiger partial charge in [-0.1, -0.05) is 71.8 Å². The Balaban J connectivity index is 1.74. The Morgan fingerprint density at radius 1 is 0.800 bits per heavy atom. The van der Waals surface area contributed by atoms with Crippen molar-refractivity contribution in [3.05, 3.63) is 112 Å². The van der Waals surface area contributed by atoms with Crippen molar-refractivity contribution in [2.75, 3.05) is 0 Å². The number of benzene rings is 3. The van der Waals surface area contributed by atoms with Gasteiger partial charge in [-0.3, -0.25) is 9.36 Å². The standard InChI is InChI=1S/C26H23N3O/c1-18-7-6-10-21(13-18)16-29-23-12-11-19(2)14-22(23)24-25(29)26(30)28(17-27-24)15-20-8-4-3-5-9-20/h3-14,17H,15-16H2,1-2H3. The normalized spacial score (nSPS) is 11.4. The van der Waals surface area contributed by atoms with Crippen LogP contribution < -0.4 is 5.56 Å². The maximum Gasteiger partial charge on any atom is 0.278 e. The lowest BCUT2D eigenvalue weighted by molar-refractivity contribution is 0.737. The Morgan fingerprint density at radius 3 is 2.37 bits per heavy atom. The molecule has 0 radical (unpaired) electrons. The highest BCUT2D eigenvalue weighted by atomic mass is 16.1. The van der Waals surface area contributed by atoms with Gasteiger partial charge in [0, 0.05) is 11.9 Å². The summed E-state index contributed by atoms with van der Waals surface area (Å²) >= 11 is 0. The molecule has 0 unspecified atom stereocenters. The van der Waals surface area contributed by atoms with Crippen molar-refractivity contribution in [2.45, 2.75) is 26.9 Å². The van der Waals surface area contributed by atoms with E-state index in [1.54, 1.807) is 10.9 Å². The van der Waals surface area contributed by atoms with Crippen LogP contribution in [0, 0.1) is 13.8 Å².